The van der Waals surface area contributed by atoms with Crippen molar-refractivity contribution in [3.8, 4) is 5.75 Å². The van der Waals surface area contributed by atoms with Crippen molar-refractivity contribution >= 4 is 34.3 Å². The van der Waals surface area contributed by atoms with Crippen LogP contribution in [0.4, 0.5) is 0 Å². The van der Waals surface area contributed by atoms with E-state index >= 15 is 0 Å². The minimum absolute atomic E-state index is 0.0273. The number of ketones is 2. The second-order valence-electron chi connectivity index (χ2n) is 19.9. The van der Waals surface area contributed by atoms with E-state index < -0.39 is 77.8 Å². The van der Waals surface area contributed by atoms with Gasteiger partial charge in [0.2, 0.25) is 5.79 Å². The van der Waals surface area contributed by atoms with Gasteiger partial charge in [0.1, 0.15) is 35.9 Å². The highest BCUT2D eigenvalue weighted by Crippen LogP contribution is 2.40. The van der Waals surface area contributed by atoms with Gasteiger partial charge in [-0.2, -0.15) is 0 Å². The molecule has 1 aliphatic carbocycles. The lowest BCUT2D eigenvalue weighted by molar-refractivity contribution is -0.302. The molecule has 14 nitrogen and oxygen atoms in total. The third kappa shape index (κ3) is 11.8. The third-order valence-corrected chi connectivity index (χ3v) is 15.1. The highest BCUT2D eigenvalue weighted by atomic mass is 16.7. The summed E-state index contributed by atoms with van der Waals surface area (Å²) in [7, 11) is 6.69. The van der Waals surface area contributed by atoms with Gasteiger partial charge in [-0.25, -0.2) is 4.79 Å². The highest BCUT2D eigenvalue weighted by Gasteiger charge is 2.56. The third-order valence-electron chi connectivity index (χ3n) is 15.1. The standard InChI is InChI=1S/C53H76N2O12/c1-11-14-38-26-32(3)47(57)33(4)27-45(63-9)49-46(64-10)28-35(6)53(61,67-49)50(58)51(59)55-23-13-12-15-41(55)52(60)66-48(31(2)16-20-42(38)56)34(5)25-36-17-21-43(44(29-36)62-8)65-39-18-19-40-37(30-39)22-24-54(40)7/h11,18-19,22,24-26,30-31,33,35-36,38,41,43-49,57,61H,1,12-17,20-21,23,27-29H2,2-10H3/b32-26+,34-25?. The van der Waals surface area contributed by atoms with Gasteiger partial charge >= 0.3 is 5.97 Å². The number of benzene rings is 1. The van der Waals surface area contributed by atoms with Gasteiger partial charge in [0, 0.05) is 70.3 Å². The topological polar surface area (TPSA) is 172 Å². The van der Waals surface area contributed by atoms with Crippen LogP contribution in [0, 0.1) is 29.6 Å². The van der Waals surface area contributed by atoms with Gasteiger partial charge in [-0.1, -0.05) is 39.0 Å². The normalized spacial score (nSPS) is 36.6. The Kier molecular flexibility index (Phi) is 17.9. The summed E-state index contributed by atoms with van der Waals surface area (Å²) in [5, 5.41) is 24.9. The maximum atomic E-state index is 14.6. The second-order valence-corrected chi connectivity index (χ2v) is 19.9. The largest absolute Gasteiger partial charge is 0.488 e. The predicted molar refractivity (Wildman–Crippen MR) is 254 cm³/mol. The fraction of sp³-hybridized carbons (Fsp3) is 0.660. The number of ether oxygens (including phenoxy) is 6. The number of piperidine rings is 1. The Morgan fingerprint density at radius 1 is 0.910 bits per heavy atom. The number of aromatic nitrogens is 1. The van der Waals surface area contributed by atoms with E-state index in [1.54, 1.807) is 27.0 Å². The summed E-state index contributed by atoms with van der Waals surface area (Å²) in [6, 6.07) is 7.07. The van der Waals surface area contributed by atoms with Crippen molar-refractivity contribution in [2.75, 3.05) is 27.9 Å². The molecule has 3 fully saturated rings. The van der Waals surface area contributed by atoms with Crippen molar-refractivity contribution < 1.29 is 57.8 Å². The van der Waals surface area contributed by atoms with Crippen LogP contribution in [-0.4, -0.2) is 126 Å². The smallest absolute Gasteiger partial charge is 0.329 e. The molecule has 14 unspecified atom stereocenters. The Morgan fingerprint density at radius 2 is 1.63 bits per heavy atom. The van der Waals surface area contributed by atoms with Gasteiger partial charge in [0.15, 0.2) is 0 Å². The van der Waals surface area contributed by atoms with Crippen molar-refractivity contribution in [2.24, 2.45) is 36.6 Å². The number of carbonyl (C=O) groups is 4. The number of aliphatic hydroxyl groups excluding tert-OH is 1. The molecule has 370 valence electrons. The molecule has 4 heterocycles. The van der Waals surface area contributed by atoms with Crippen LogP contribution in [0.1, 0.15) is 105 Å². The lowest BCUT2D eigenvalue weighted by atomic mass is 9.81. The molecule has 14 atom stereocenters. The Hall–Kier alpha value is -4.18. The Labute approximate surface area is 397 Å². The number of fused-ring (bicyclic) bond motifs is 4. The summed E-state index contributed by atoms with van der Waals surface area (Å²) >= 11 is 0. The first-order valence-corrected chi connectivity index (χ1v) is 24.4. The van der Waals surface area contributed by atoms with Crippen LogP contribution < -0.4 is 4.74 Å². The number of aliphatic hydroxyl groups is 2. The van der Waals surface area contributed by atoms with E-state index in [9.17, 15) is 29.4 Å². The molecule has 2 saturated heterocycles. The zero-order valence-corrected chi connectivity index (χ0v) is 41.2. The number of amides is 1. The maximum absolute atomic E-state index is 14.6. The van der Waals surface area contributed by atoms with Crippen molar-refractivity contribution in [2.45, 2.75) is 160 Å². The summed E-state index contributed by atoms with van der Waals surface area (Å²) in [5.74, 6) is -6.73. The van der Waals surface area contributed by atoms with E-state index in [1.807, 2.05) is 46.2 Å². The van der Waals surface area contributed by atoms with Crippen LogP contribution >= 0.6 is 0 Å². The summed E-state index contributed by atoms with van der Waals surface area (Å²) in [5.41, 5.74) is 2.54. The van der Waals surface area contributed by atoms with Crippen LogP contribution in [-0.2, 0) is 49.9 Å². The quantitative estimate of drug-likeness (QED) is 0.147. The van der Waals surface area contributed by atoms with Crippen LogP contribution in [0.5, 0.6) is 5.75 Å². The van der Waals surface area contributed by atoms with Gasteiger partial charge in [0.25, 0.3) is 11.7 Å². The van der Waals surface area contributed by atoms with E-state index in [-0.39, 0.29) is 62.1 Å². The number of hydrogen-bond acceptors (Lipinski definition) is 12. The monoisotopic (exact) mass is 933 g/mol. The number of esters is 1. The van der Waals surface area contributed by atoms with Crippen LogP contribution in [0.25, 0.3) is 10.9 Å². The Morgan fingerprint density at radius 3 is 2.33 bits per heavy atom. The SMILES string of the molecule is C=CCC1/C=C(\C)C(O)C(C)CC(OC)C2OC(O)(C(=O)C(=O)N3CCCCC3C(=O)OC(C(C)=CC3CCC(Oc4ccc5c(ccn5C)c4)C(OC)C3)C(C)CCC1=O)C(C)CC2OC. The van der Waals surface area contributed by atoms with Crippen molar-refractivity contribution in [1.82, 2.24) is 9.47 Å². The molecule has 2 bridgehead atoms. The van der Waals surface area contributed by atoms with E-state index in [0.717, 1.165) is 35.1 Å². The van der Waals surface area contributed by atoms with E-state index in [1.165, 1.54) is 19.1 Å². The molecular formula is C53H76N2O12. The van der Waals surface area contributed by atoms with E-state index in [0.29, 0.717) is 37.7 Å². The highest BCUT2D eigenvalue weighted by molar-refractivity contribution is 6.39. The number of methoxy groups -OCH3 is 3. The lowest BCUT2D eigenvalue weighted by Crippen LogP contribution is -2.64. The van der Waals surface area contributed by atoms with Crippen molar-refractivity contribution in [3.05, 3.63) is 66.4 Å². The van der Waals surface area contributed by atoms with Gasteiger partial charge in [-0.15, -0.1) is 6.58 Å². The molecule has 4 aliphatic rings. The maximum Gasteiger partial charge on any atom is 0.329 e. The average Bonchev–Trinajstić information content (AvgIpc) is 3.70. The lowest BCUT2D eigenvalue weighted by Gasteiger charge is -2.47. The molecule has 1 saturated carbocycles. The molecular weight excluding hydrogens is 857 g/mol. The molecule has 3 aliphatic heterocycles. The molecule has 2 aromatic rings. The van der Waals surface area contributed by atoms with Gasteiger partial charge in [-0.05, 0) is 131 Å². The van der Waals surface area contributed by atoms with Crippen LogP contribution in [0.2, 0.25) is 0 Å². The predicted octanol–water partition coefficient (Wildman–Crippen LogP) is 7.22. The number of cyclic esters (lactones) is 1. The van der Waals surface area contributed by atoms with Crippen LogP contribution in [0.3, 0.4) is 0 Å². The van der Waals surface area contributed by atoms with Gasteiger partial charge < -0.3 is 48.1 Å². The molecule has 67 heavy (non-hydrogen) atoms. The van der Waals surface area contributed by atoms with E-state index in [2.05, 4.69) is 35.4 Å². The zero-order chi connectivity index (χ0) is 48.7. The zero-order valence-electron chi connectivity index (χ0n) is 41.2. The molecule has 2 N–H and O–H groups in total. The Bertz CT molecular complexity index is 2130. The van der Waals surface area contributed by atoms with E-state index in [4.69, 9.17) is 28.4 Å². The second kappa shape index (κ2) is 23.0. The molecule has 14 heteroatoms. The fourth-order valence-corrected chi connectivity index (χ4v) is 11.0. The summed E-state index contributed by atoms with van der Waals surface area (Å²) < 4.78 is 39.1. The minimum atomic E-state index is -2.55. The number of carbonyl (C=O) groups excluding carboxylic acids is 4. The molecule has 6 rings (SSSR count). The number of hydrogen-bond donors (Lipinski definition) is 2. The Balaban J connectivity index is 1.30. The first-order valence-electron chi connectivity index (χ1n) is 24.4. The summed E-state index contributed by atoms with van der Waals surface area (Å²) in [4.78, 5) is 58.6. The van der Waals surface area contributed by atoms with Gasteiger partial charge in [-0.3, -0.25) is 14.4 Å². The van der Waals surface area contributed by atoms with Gasteiger partial charge in [0.05, 0.1) is 24.4 Å². The average molecular weight is 933 g/mol. The fourth-order valence-electron chi connectivity index (χ4n) is 11.0. The minimum Gasteiger partial charge on any atom is -0.488 e. The molecule has 0 spiro atoms. The number of aryl methyl sites for hydroxylation is 1. The number of rotatable bonds is 9. The van der Waals surface area contributed by atoms with Crippen LogP contribution in [0.15, 0.2) is 66.4 Å². The number of Topliss-reactive ketones (excluding diaryl/α,β-unsaturated/α-hetero) is 2. The summed E-state index contributed by atoms with van der Waals surface area (Å²) in [6.45, 7) is 13.2. The molecule has 1 aromatic heterocycles. The van der Waals surface area contributed by atoms with Crippen molar-refractivity contribution in [1.29, 1.82) is 0 Å². The first kappa shape index (κ1) is 52.2. The molecule has 1 aromatic carbocycles. The number of allylic oxidation sites excluding steroid dienone is 3. The van der Waals surface area contributed by atoms with Crippen molar-refractivity contribution in [3.63, 3.8) is 0 Å². The first-order chi connectivity index (χ1) is 31.9. The molecule has 1 amide bonds. The molecule has 0 radical (unpaired) electrons. The summed E-state index contributed by atoms with van der Waals surface area (Å²) in [6.07, 6.45) is 8.19. The number of nitrogens with zero attached hydrogens (tertiary/aromatic N) is 2.